The maximum absolute atomic E-state index is 12.1. The van der Waals surface area contributed by atoms with Crippen LogP contribution in [0, 0.1) is 5.92 Å². The van der Waals surface area contributed by atoms with Crippen LogP contribution in [0.25, 0.3) is 0 Å². The van der Waals surface area contributed by atoms with E-state index in [1.54, 1.807) is 24.3 Å². The minimum Gasteiger partial charge on any atom is -0.490 e. The highest BCUT2D eigenvalue weighted by molar-refractivity contribution is 5.96. The number of hydrogen-bond donors (Lipinski definition) is 2. The summed E-state index contributed by atoms with van der Waals surface area (Å²) in [5.74, 6) is -0.437. The van der Waals surface area contributed by atoms with Crippen molar-refractivity contribution in [3.63, 3.8) is 0 Å². The van der Waals surface area contributed by atoms with Crippen LogP contribution in [0.1, 0.15) is 49.9 Å². The average molecular weight is 305 g/mol. The van der Waals surface area contributed by atoms with Gasteiger partial charge in [-0.3, -0.25) is 4.79 Å². The highest BCUT2D eigenvalue weighted by Crippen LogP contribution is 2.25. The van der Waals surface area contributed by atoms with Crippen molar-refractivity contribution in [3.8, 4) is 5.75 Å². The molecule has 22 heavy (non-hydrogen) atoms. The number of benzene rings is 1. The highest BCUT2D eigenvalue weighted by atomic mass is 16.5. The third kappa shape index (κ3) is 4.48. The molecule has 0 radical (unpaired) electrons. The summed E-state index contributed by atoms with van der Waals surface area (Å²) in [7, 11) is 0. The van der Waals surface area contributed by atoms with Crippen LogP contribution in [-0.2, 0) is 4.79 Å². The first-order chi connectivity index (χ1) is 10.5. The van der Waals surface area contributed by atoms with E-state index in [0.717, 1.165) is 18.6 Å². The first-order valence-corrected chi connectivity index (χ1v) is 7.76. The van der Waals surface area contributed by atoms with E-state index in [2.05, 4.69) is 5.32 Å². The fraction of sp³-hybridized carbons (Fsp3) is 0.529. The van der Waals surface area contributed by atoms with Gasteiger partial charge in [0.1, 0.15) is 11.8 Å². The molecular weight excluding hydrogens is 282 g/mol. The Morgan fingerprint density at radius 3 is 2.36 bits per heavy atom. The quantitative estimate of drug-likeness (QED) is 0.812. The number of ether oxygens (including phenoxy) is 1. The molecule has 1 aromatic carbocycles. The third-order valence-electron chi connectivity index (χ3n) is 3.78. The standard InChI is InChI=1S/C17H23NO4/c1-11(2)10-15(17(20)21)18-16(19)12-6-8-14(9-7-12)22-13-4-3-5-13/h6-9,11,13,15H,3-5,10H2,1-2H3,(H,18,19)(H,20,21)/t15-/m0/s1. The second kappa shape index (κ2) is 7.29. The number of amides is 1. The van der Waals surface area contributed by atoms with E-state index in [-0.39, 0.29) is 11.8 Å². The molecular formula is C17H23NO4. The van der Waals surface area contributed by atoms with E-state index >= 15 is 0 Å². The molecule has 5 heteroatoms. The van der Waals surface area contributed by atoms with Gasteiger partial charge in [-0.05, 0) is 55.9 Å². The van der Waals surface area contributed by atoms with Gasteiger partial charge in [-0.25, -0.2) is 4.79 Å². The van der Waals surface area contributed by atoms with Crippen molar-refractivity contribution in [2.24, 2.45) is 5.92 Å². The van der Waals surface area contributed by atoms with Crippen LogP contribution in [0.4, 0.5) is 0 Å². The number of carboxylic acids is 1. The van der Waals surface area contributed by atoms with Gasteiger partial charge in [0.25, 0.3) is 5.91 Å². The Hall–Kier alpha value is -2.04. The van der Waals surface area contributed by atoms with Crippen LogP contribution < -0.4 is 10.1 Å². The second-order valence-corrected chi connectivity index (χ2v) is 6.19. The van der Waals surface area contributed by atoms with Crippen molar-refractivity contribution >= 4 is 11.9 Å². The fourth-order valence-electron chi connectivity index (χ4n) is 2.30. The molecule has 1 aliphatic carbocycles. The van der Waals surface area contributed by atoms with Crippen LogP contribution in [0.15, 0.2) is 24.3 Å². The second-order valence-electron chi connectivity index (χ2n) is 6.19. The van der Waals surface area contributed by atoms with Gasteiger partial charge in [-0.2, -0.15) is 0 Å². The summed E-state index contributed by atoms with van der Waals surface area (Å²) in [6, 6.07) is 5.98. The maximum atomic E-state index is 12.1. The molecule has 1 fully saturated rings. The highest BCUT2D eigenvalue weighted by Gasteiger charge is 2.22. The third-order valence-corrected chi connectivity index (χ3v) is 3.78. The average Bonchev–Trinajstić information content (AvgIpc) is 2.42. The monoisotopic (exact) mass is 305 g/mol. The maximum Gasteiger partial charge on any atom is 0.326 e. The molecule has 1 aliphatic rings. The van der Waals surface area contributed by atoms with Crippen molar-refractivity contribution < 1.29 is 19.4 Å². The summed E-state index contributed by atoms with van der Waals surface area (Å²) in [5.41, 5.74) is 0.441. The lowest BCUT2D eigenvalue weighted by atomic mass is 9.96. The molecule has 0 aromatic heterocycles. The number of carbonyl (C=O) groups excluding carboxylic acids is 1. The van der Waals surface area contributed by atoms with Crippen LogP contribution in [-0.4, -0.2) is 29.1 Å². The van der Waals surface area contributed by atoms with E-state index in [1.807, 2.05) is 13.8 Å². The molecule has 2 N–H and O–H groups in total. The van der Waals surface area contributed by atoms with Gasteiger partial charge in [0.05, 0.1) is 6.10 Å². The van der Waals surface area contributed by atoms with Crippen LogP contribution in [0.3, 0.4) is 0 Å². The first kappa shape index (κ1) is 16.3. The molecule has 0 unspecified atom stereocenters. The number of hydrogen-bond acceptors (Lipinski definition) is 3. The van der Waals surface area contributed by atoms with Crippen molar-refractivity contribution in [3.05, 3.63) is 29.8 Å². The predicted octanol–water partition coefficient (Wildman–Crippen LogP) is 2.85. The number of aliphatic carboxylic acids is 1. The zero-order valence-electron chi connectivity index (χ0n) is 13.0. The Kier molecular flexibility index (Phi) is 5.41. The van der Waals surface area contributed by atoms with Gasteiger partial charge in [0.2, 0.25) is 0 Å². The van der Waals surface area contributed by atoms with Crippen molar-refractivity contribution in [1.29, 1.82) is 0 Å². The van der Waals surface area contributed by atoms with Gasteiger partial charge >= 0.3 is 5.97 Å². The number of carboxylic acid groups (broad SMARTS) is 1. The summed E-state index contributed by atoms with van der Waals surface area (Å²) < 4.78 is 5.73. The van der Waals surface area contributed by atoms with E-state index in [1.165, 1.54) is 6.42 Å². The van der Waals surface area contributed by atoms with E-state index < -0.39 is 12.0 Å². The number of rotatable bonds is 7. The van der Waals surface area contributed by atoms with Gasteiger partial charge in [-0.15, -0.1) is 0 Å². The zero-order valence-corrected chi connectivity index (χ0v) is 13.0. The minimum atomic E-state index is -1.01. The number of carbonyl (C=O) groups is 2. The van der Waals surface area contributed by atoms with Crippen molar-refractivity contribution in [2.75, 3.05) is 0 Å². The molecule has 120 valence electrons. The normalized spacial score (nSPS) is 16.0. The summed E-state index contributed by atoms with van der Waals surface area (Å²) >= 11 is 0. The molecule has 5 nitrogen and oxygen atoms in total. The van der Waals surface area contributed by atoms with E-state index in [9.17, 15) is 9.59 Å². The predicted molar refractivity (Wildman–Crippen MR) is 83.1 cm³/mol. The lowest BCUT2D eigenvalue weighted by Gasteiger charge is -2.26. The van der Waals surface area contributed by atoms with Crippen LogP contribution >= 0.6 is 0 Å². The smallest absolute Gasteiger partial charge is 0.326 e. The molecule has 1 amide bonds. The topological polar surface area (TPSA) is 75.6 Å². The molecule has 1 saturated carbocycles. The Morgan fingerprint density at radius 1 is 1.27 bits per heavy atom. The Labute approximate surface area is 130 Å². The van der Waals surface area contributed by atoms with Crippen LogP contribution in [0.2, 0.25) is 0 Å². The largest absolute Gasteiger partial charge is 0.490 e. The molecule has 0 heterocycles. The lowest BCUT2D eigenvalue weighted by molar-refractivity contribution is -0.139. The zero-order chi connectivity index (χ0) is 16.1. The number of nitrogens with one attached hydrogen (secondary N) is 1. The van der Waals surface area contributed by atoms with Gasteiger partial charge in [0, 0.05) is 5.56 Å². The molecule has 0 aliphatic heterocycles. The molecule has 1 atom stereocenters. The molecule has 0 bridgehead atoms. The summed E-state index contributed by atoms with van der Waals surface area (Å²) in [6.07, 6.45) is 4.07. The molecule has 1 aromatic rings. The lowest BCUT2D eigenvalue weighted by Crippen LogP contribution is -2.41. The molecule has 2 rings (SSSR count). The van der Waals surface area contributed by atoms with Gasteiger partial charge in [-0.1, -0.05) is 13.8 Å². The molecule has 0 spiro atoms. The fourth-order valence-corrected chi connectivity index (χ4v) is 2.30. The SMILES string of the molecule is CC(C)C[C@H](NC(=O)c1ccc(OC2CCC2)cc1)C(=O)O. The van der Waals surface area contributed by atoms with E-state index in [0.29, 0.717) is 18.1 Å². The Morgan fingerprint density at radius 2 is 1.91 bits per heavy atom. The summed E-state index contributed by atoms with van der Waals surface area (Å²) in [4.78, 5) is 23.3. The summed E-state index contributed by atoms with van der Waals surface area (Å²) in [5, 5.41) is 11.7. The van der Waals surface area contributed by atoms with Crippen molar-refractivity contribution in [1.82, 2.24) is 5.32 Å². The van der Waals surface area contributed by atoms with Crippen molar-refractivity contribution in [2.45, 2.75) is 51.7 Å². The first-order valence-electron chi connectivity index (χ1n) is 7.76. The summed E-state index contributed by atoms with van der Waals surface area (Å²) in [6.45, 7) is 3.85. The minimum absolute atomic E-state index is 0.194. The van der Waals surface area contributed by atoms with Gasteiger partial charge < -0.3 is 15.2 Å². The Bertz CT molecular complexity index is 520. The van der Waals surface area contributed by atoms with E-state index in [4.69, 9.17) is 9.84 Å². The van der Waals surface area contributed by atoms with Gasteiger partial charge in [0.15, 0.2) is 0 Å². The van der Waals surface area contributed by atoms with Crippen LogP contribution in [0.5, 0.6) is 5.75 Å². The Balaban J connectivity index is 1.94. The molecule has 0 saturated heterocycles.